The minimum Gasteiger partial charge on any atom is -0.497 e. The highest BCUT2D eigenvalue weighted by molar-refractivity contribution is 5.85. The highest BCUT2D eigenvalue weighted by Gasteiger charge is 2.51. The molecule has 2 aromatic carbocycles. The van der Waals surface area contributed by atoms with Crippen molar-refractivity contribution in [2.45, 2.75) is 52.2 Å². The van der Waals surface area contributed by atoms with E-state index in [1.807, 2.05) is 39.0 Å². The second-order valence-electron chi connectivity index (χ2n) is 11.4. The number of hydrogen-bond acceptors (Lipinski definition) is 9. The number of ether oxygens (including phenoxy) is 4. The molecule has 0 amide bonds. The second kappa shape index (κ2) is 11.7. The van der Waals surface area contributed by atoms with E-state index in [4.69, 9.17) is 23.8 Å². The maximum absolute atomic E-state index is 11.6. The summed E-state index contributed by atoms with van der Waals surface area (Å²) < 4.78 is 23.3. The molecule has 3 aliphatic rings. The average Bonchev–Trinajstić information content (AvgIpc) is 3.39. The molecule has 41 heavy (non-hydrogen) atoms. The molecule has 0 radical (unpaired) electrons. The fourth-order valence-corrected chi connectivity index (χ4v) is 5.96. The molecule has 1 N–H and O–H groups in total. The first kappa shape index (κ1) is 28.9. The molecule has 10 nitrogen and oxygen atoms in total. The topological polar surface area (TPSA) is 102 Å². The third-order valence-electron chi connectivity index (χ3n) is 8.37. The van der Waals surface area contributed by atoms with Crippen molar-refractivity contribution in [2.75, 3.05) is 53.6 Å². The van der Waals surface area contributed by atoms with Gasteiger partial charge in [0.1, 0.15) is 28.8 Å². The van der Waals surface area contributed by atoms with Gasteiger partial charge in [0.25, 0.3) is 0 Å². The van der Waals surface area contributed by atoms with Gasteiger partial charge in [-0.15, -0.1) is 0 Å². The third-order valence-corrected chi connectivity index (χ3v) is 8.37. The summed E-state index contributed by atoms with van der Waals surface area (Å²) >= 11 is 0. The van der Waals surface area contributed by atoms with Crippen LogP contribution in [0.1, 0.15) is 45.6 Å². The first-order valence-corrected chi connectivity index (χ1v) is 14.3. The Bertz CT molecular complexity index is 1250. The van der Waals surface area contributed by atoms with Crippen LogP contribution in [0.3, 0.4) is 0 Å². The van der Waals surface area contributed by atoms with E-state index in [9.17, 15) is 9.90 Å². The fraction of sp³-hybridized carbons (Fsp3) is 0.548. The number of piperidine rings is 1. The number of nitrogens with zero attached hydrogens (tertiary/aromatic N) is 3. The van der Waals surface area contributed by atoms with Crippen molar-refractivity contribution in [3.8, 4) is 34.1 Å². The van der Waals surface area contributed by atoms with Crippen molar-refractivity contribution >= 4 is 11.8 Å². The number of hydrogen-bond donors (Lipinski definition) is 1. The first-order valence-electron chi connectivity index (χ1n) is 14.3. The van der Waals surface area contributed by atoms with Crippen LogP contribution in [0.25, 0.3) is 11.1 Å². The summed E-state index contributed by atoms with van der Waals surface area (Å²) in [5, 5.41) is 14.0. The van der Waals surface area contributed by atoms with Gasteiger partial charge in [0, 0.05) is 38.8 Å². The van der Waals surface area contributed by atoms with Crippen LogP contribution in [-0.2, 0) is 16.2 Å². The minimum atomic E-state index is -0.718. The Kier molecular flexibility index (Phi) is 8.22. The Labute approximate surface area is 241 Å². The Morgan fingerprint density at radius 3 is 2.07 bits per heavy atom. The van der Waals surface area contributed by atoms with E-state index in [0.717, 1.165) is 60.1 Å². The lowest BCUT2D eigenvalue weighted by Crippen LogP contribution is -2.61. The van der Waals surface area contributed by atoms with Crippen LogP contribution in [0.15, 0.2) is 35.5 Å². The number of carboxylic acid groups (broad SMARTS) is 1. The number of benzene rings is 2. The Hall–Kier alpha value is -3.66. The largest absolute Gasteiger partial charge is 0.497 e. The van der Waals surface area contributed by atoms with Crippen LogP contribution < -0.4 is 18.9 Å². The number of rotatable bonds is 10. The zero-order chi connectivity index (χ0) is 29.2. The molecular formula is C31H41N3O7. The van der Waals surface area contributed by atoms with Crippen LogP contribution in [0.5, 0.6) is 23.0 Å². The molecule has 222 valence electrons. The quantitative estimate of drug-likeness (QED) is 0.440. The summed E-state index contributed by atoms with van der Waals surface area (Å²) in [5.41, 5.74) is 1.89. The molecule has 0 aromatic heterocycles. The van der Waals surface area contributed by atoms with Gasteiger partial charge in [-0.2, -0.15) is 0 Å². The van der Waals surface area contributed by atoms with E-state index in [2.05, 4.69) is 27.1 Å². The summed E-state index contributed by atoms with van der Waals surface area (Å²) in [6.07, 6.45) is 1.98. The summed E-state index contributed by atoms with van der Waals surface area (Å²) in [5.74, 6) is 3.10. The van der Waals surface area contributed by atoms with E-state index < -0.39 is 11.4 Å². The highest BCUT2D eigenvalue weighted by Crippen LogP contribution is 2.44. The van der Waals surface area contributed by atoms with E-state index in [0.29, 0.717) is 50.6 Å². The van der Waals surface area contributed by atoms with E-state index in [1.54, 1.807) is 14.2 Å². The summed E-state index contributed by atoms with van der Waals surface area (Å²) in [7, 11) is 3.27. The smallest absolute Gasteiger partial charge is 0.309 e. The minimum absolute atomic E-state index is 0.314. The van der Waals surface area contributed by atoms with E-state index in [-0.39, 0.29) is 5.60 Å². The van der Waals surface area contributed by atoms with Crippen molar-refractivity contribution in [2.24, 2.45) is 10.6 Å². The summed E-state index contributed by atoms with van der Waals surface area (Å²) in [6.45, 7) is 10.5. The predicted octanol–water partition coefficient (Wildman–Crippen LogP) is 4.64. The molecule has 2 saturated heterocycles. The van der Waals surface area contributed by atoms with Crippen LogP contribution in [0, 0.1) is 5.41 Å². The van der Waals surface area contributed by atoms with Crippen LogP contribution in [0.4, 0.5) is 0 Å². The summed E-state index contributed by atoms with van der Waals surface area (Å²) in [4.78, 5) is 22.1. The van der Waals surface area contributed by atoms with Gasteiger partial charge >= 0.3 is 5.97 Å². The van der Waals surface area contributed by atoms with Gasteiger partial charge in [-0.3, -0.25) is 9.69 Å². The van der Waals surface area contributed by atoms with Crippen molar-refractivity contribution in [1.82, 2.24) is 9.80 Å². The number of aliphatic carboxylic acids is 1. The maximum atomic E-state index is 11.6. The lowest BCUT2D eigenvalue weighted by Gasteiger charge is -2.45. The lowest BCUT2D eigenvalue weighted by molar-refractivity contribution is -0.150. The van der Waals surface area contributed by atoms with Crippen LogP contribution in [0.2, 0.25) is 0 Å². The molecule has 2 fully saturated rings. The number of amidine groups is 1. The fourth-order valence-electron chi connectivity index (χ4n) is 5.96. The monoisotopic (exact) mass is 567 g/mol. The summed E-state index contributed by atoms with van der Waals surface area (Å²) in [6, 6.07) is 9.94. The normalized spacial score (nSPS) is 19.2. The van der Waals surface area contributed by atoms with Crippen LogP contribution >= 0.6 is 0 Å². The maximum Gasteiger partial charge on any atom is 0.309 e. The van der Waals surface area contributed by atoms with Crippen molar-refractivity contribution in [1.29, 1.82) is 0 Å². The number of methoxy groups -OCH3 is 2. The molecular weight excluding hydrogens is 526 g/mol. The van der Waals surface area contributed by atoms with E-state index >= 15 is 0 Å². The molecule has 0 saturated carbocycles. The zero-order valence-corrected chi connectivity index (χ0v) is 24.7. The average molecular weight is 568 g/mol. The highest BCUT2D eigenvalue weighted by atomic mass is 16.7. The second-order valence-corrected chi connectivity index (χ2v) is 11.4. The molecule has 3 heterocycles. The third kappa shape index (κ3) is 5.88. The molecule has 0 aliphatic carbocycles. The molecule has 0 unspecified atom stereocenters. The SMILES string of the molecule is CCOc1cc(CN2CC3(CC(N4CCC(C)(C(=O)O)CC4)=NO3)C2)cc(OCC)c1-c1cc(OC)cc(OC)c1. The van der Waals surface area contributed by atoms with E-state index in [1.165, 1.54) is 0 Å². The Balaban J connectivity index is 1.28. The van der Waals surface area contributed by atoms with Crippen molar-refractivity contribution < 1.29 is 33.7 Å². The molecule has 10 heteroatoms. The number of oxime groups is 1. The molecule has 3 aliphatic heterocycles. The van der Waals surface area contributed by atoms with Gasteiger partial charge in [-0.25, -0.2) is 0 Å². The molecule has 0 atom stereocenters. The number of likely N-dealkylation sites (tertiary alicyclic amines) is 2. The van der Waals surface area contributed by atoms with Gasteiger partial charge in [0.15, 0.2) is 5.60 Å². The van der Waals surface area contributed by atoms with Gasteiger partial charge in [0.2, 0.25) is 0 Å². The van der Waals surface area contributed by atoms with Crippen molar-refractivity contribution in [3.05, 3.63) is 35.9 Å². The molecule has 2 aromatic rings. The number of carbonyl (C=O) groups is 1. The molecule has 0 bridgehead atoms. The van der Waals surface area contributed by atoms with Gasteiger partial charge in [0.05, 0.1) is 44.8 Å². The predicted molar refractivity (Wildman–Crippen MR) is 155 cm³/mol. The van der Waals surface area contributed by atoms with Crippen molar-refractivity contribution in [3.63, 3.8) is 0 Å². The standard InChI is InChI=1S/C31H41N3O7/c1-6-39-25-12-21(13-26(40-7-2)28(25)22-14-23(37-4)16-24(15-22)38-5)18-33-19-31(20-33)17-27(32-41-31)34-10-8-30(3,9-11-34)29(35)36/h12-16H,6-11,17-20H2,1-5H3,(H,35,36). The van der Waals surface area contributed by atoms with Gasteiger partial charge < -0.3 is 33.8 Å². The molecule has 5 rings (SSSR count). The van der Waals surface area contributed by atoms with Gasteiger partial charge in [-0.1, -0.05) is 5.16 Å². The Morgan fingerprint density at radius 1 is 0.976 bits per heavy atom. The first-order chi connectivity index (χ1) is 19.7. The van der Waals surface area contributed by atoms with Gasteiger partial charge in [-0.05, 0) is 69.0 Å². The lowest BCUT2D eigenvalue weighted by atomic mass is 9.80. The Morgan fingerprint density at radius 2 is 1.56 bits per heavy atom. The molecule has 1 spiro atoms. The number of carboxylic acids is 1. The van der Waals surface area contributed by atoms with Crippen LogP contribution in [-0.4, -0.2) is 85.9 Å². The zero-order valence-electron chi connectivity index (χ0n) is 24.7.